The second-order valence-corrected chi connectivity index (χ2v) is 11.4. The Morgan fingerprint density at radius 1 is 0.667 bits per heavy atom. The Hall–Kier alpha value is -3.74. The molecule has 3 rings (SSSR count). The van der Waals surface area contributed by atoms with Gasteiger partial charge in [0.1, 0.15) is 0 Å². The van der Waals surface area contributed by atoms with Crippen LogP contribution in [0.15, 0.2) is 87.7 Å². The summed E-state index contributed by atoms with van der Waals surface area (Å²) in [7, 11) is -8.80. The molecule has 3 aromatic carbocycles. The molecule has 0 aromatic heterocycles. The normalized spacial score (nSPS) is 11.3. The fourth-order valence-corrected chi connectivity index (χ4v) is 4.77. The fraction of sp³-hybridized carbons (Fsp3) is 0.0870. The molecule has 0 spiro atoms. The summed E-state index contributed by atoms with van der Waals surface area (Å²) < 4.78 is 54.1. The molecule has 13 heteroatoms. The van der Waals surface area contributed by atoms with Gasteiger partial charge >= 0.3 is 0 Å². The molecular formula is C23H21ClN4O6S2. The number of carbonyl (C=O) groups excluding carboxylic acids is 2. The van der Waals surface area contributed by atoms with Gasteiger partial charge in [0.25, 0.3) is 31.9 Å². The number of sulfonamides is 2. The average Bonchev–Trinajstić information content (AvgIpc) is 2.80. The molecule has 36 heavy (non-hydrogen) atoms. The molecule has 0 saturated heterocycles. The van der Waals surface area contributed by atoms with Gasteiger partial charge in [0.15, 0.2) is 0 Å². The number of carbonyl (C=O) groups is 2. The maximum absolute atomic E-state index is 12.8. The van der Waals surface area contributed by atoms with Crippen molar-refractivity contribution in [3.8, 4) is 0 Å². The SMILES string of the molecule is Cc1ccc(S(=O)(=O)NC(=O)C(=NNc2ccc(Cl)cc2)C(=O)NS(=O)(=O)c2ccc(C)cc2)cc1. The van der Waals surface area contributed by atoms with E-state index in [1.54, 1.807) is 23.3 Å². The molecule has 2 amide bonds. The molecular weight excluding hydrogens is 528 g/mol. The van der Waals surface area contributed by atoms with E-state index in [9.17, 15) is 26.4 Å². The Balaban J connectivity index is 1.91. The van der Waals surface area contributed by atoms with Gasteiger partial charge in [0, 0.05) is 5.02 Å². The molecule has 0 aliphatic carbocycles. The van der Waals surface area contributed by atoms with Crippen LogP contribution in [0.4, 0.5) is 5.69 Å². The summed E-state index contributed by atoms with van der Waals surface area (Å²) in [4.78, 5) is 25.2. The van der Waals surface area contributed by atoms with Crippen LogP contribution in [0.2, 0.25) is 5.02 Å². The molecule has 0 saturated carbocycles. The summed E-state index contributed by atoms with van der Waals surface area (Å²) in [6, 6.07) is 17.2. The van der Waals surface area contributed by atoms with E-state index in [-0.39, 0.29) is 9.79 Å². The number of hydrogen-bond acceptors (Lipinski definition) is 8. The Morgan fingerprint density at radius 3 is 1.44 bits per heavy atom. The molecule has 10 nitrogen and oxygen atoms in total. The van der Waals surface area contributed by atoms with Crippen molar-refractivity contribution < 1.29 is 26.4 Å². The van der Waals surface area contributed by atoms with Crippen molar-refractivity contribution in [3.05, 3.63) is 88.9 Å². The smallest absolute Gasteiger partial charge is 0.278 e. The van der Waals surface area contributed by atoms with E-state index < -0.39 is 37.6 Å². The first kappa shape index (κ1) is 26.9. The van der Waals surface area contributed by atoms with Crippen LogP contribution in [0.1, 0.15) is 11.1 Å². The number of benzene rings is 3. The zero-order valence-electron chi connectivity index (χ0n) is 19.0. The summed E-state index contributed by atoms with van der Waals surface area (Å²) in [5, 5.41) is 4.09. The van der Waals surface area contributed by atoms with Crippen molar-refractivity contribution >= 4 is 54.9 Å². The van der Waals surface area contributed by atoms with Crippen molar-refractivity contribution in [2.75, 3.05) is 5.43 Å². The number of rotatable bonds is 8. The molecule has 0 atom stereocenters. The maximum Gasteiger partial charge on any atom is 0.291 e. The van der Waals surface area contributed by atoms with Gasteiger partial charge in [-0.2, -0.15) is 5.10 Å². The fourth-order valence-electron chi connectivity index (χ4n) is 2.74. The molecule has 0 unspecified atom stereocenters. The molecule has 3 N–H and O–H groups in total. The predicted molar refractivity (Wildman–Crippen MR) is 136 cm³/mol. The molecule has 0 radical (unpaired) electrons. The third-order valence-corrected chi connectivity index (χ3v) is 7.63. The lowest BCUT2D eigenvalue weighted by atomic mass is 10.2. The molecule has 0 bridgehead atoms. The summed E-state index contributed by atoms with van der Waals surface area (Å²) in [5.41, 5.74) is 3.24. The number of anilines is 1. The molecule has 3 aromatic rings. The van der Waals surface area contributed by atoms with E-state index in [4.69, 9.17) is 11.6 Å². The Morgan fingerprint density at radius 2 is 1.06 bits per heavy atom. The second kappa shape index (κ2) is 10.9. The summed E-state index contributed by atoms with van der Waals surface area (Å²) >= 11 is 5.83. The minimum Gasteiger partial charge on any atom is -0.278 e. The highest BCUT2D eigenvalue weighted by Crippen LogP contribution is 2.14. The van der Waals surface area contributed by atoms with Gasteiger partial charge in [0.05, 0.1) is 15.5 Å². The maximum atomic E-state index is 12.8. The highest BCUT2D eigenvalue weighted by Gasteiger charge is 2.29. The van der Waals surface area contributed by atoms with Gasteiger partial charge < -0.3 is 0 Å². The van der Waals surface area contributed by atoms with Crippen LogP contribution in [0, 0.1) is 13.8 Å². The lowest BCUT2D eigenvalue weighted by molar-refractivity contribution is -0.117. The van der Waals surface area contributed by atoms with Gasteiger partial charge in [-0.1, -0.05) is 47.0 Å². The van der Waals surface area contributed by atoms with Crippen LogP contribution < -0.4 is 14.9 Å². The average molecular weight is 549 g/mol. The molecule has 0 aliphatic rings. The number of nitrogens with zero attached hydrogens (tertiary/aromatic N) is 1. The van der Waals surface area contributed by atoms with E-state index in [1.807, 2.05) is 0 Å². The van der Waals surface area contributed by atoms with Gasteiger partial charge in [-0.15, -0.1) is 0 Å². The summed E-state index contributed by atoms with van der Waals surface area (Å²) in [5.74, 6) is -2.90. The first-order valence-corrected chi connectivity index (χ1v) is 13.6. The van der Waals surface area contributed by atoms with Crippen LogP contribution >= 0.6 is 11.6 Å². The van der Waals surface area contributed by atoms with Gasteiger partial charge in [-0.05, 0) is 62.4 Å². The van der Waals surface area contributed by atoms with Crippen molar-refractivity contribution in [2.45, 2.75) is 23.6 Å². The van der Waals surface area contributed by atoms with Crippen molar-refractivity contribution in [3.63, 3.8) is 0 Å². The Bertz CT molecular complexity index is 1430. The van der Waals surface area contributed by atoms with Crippen molar-refractivity contribution in [2.24, 2.45) is 5.10 Å². The number of aryl methyl sites for hydroxylation is 2. The Kier molecular flexibility index (Phi) is 8.13. The van der Waals surface area contributed by atoms with Gasteiger partial charge in [-0.3, -0.25) is 15.0 Å². The minimum absolute atomic E-state index is 0.237. The van der Waals surface area contributed by atoms with E-state index in [2.05, 4.69) is 10.5 Å². The zero-order chi connectivity index (χ0) is 26.5. The van der Waals surface area contributed by atoms with Crippen LogP contribution in [0.25, 0.3) is 0 Å². The van der Waals surface area contributed by atoms with Crippen molar-refractivity contribution in [1.82, 2.24) is 9.44 Å². The van der Waals surface area contributed by atoms with Crippen LogP contribution in [0.3, 0.4) is 0 Å². The van der Waals surface area contributed by atoms with Gasteiger partial charge in [0.2, 0.25) is 5.71 Å². The van der Waals surface area contributed by atoms with Crippen LogP contribution in [-0.2, 0) is 29.6 Å². The molecule has 188 valence electrons. The number of hydrogen-bond donors (Lipinski definition) is 3. The second-order valence-electron chi connectivity index (χ2n) is 7.57. The lowest BCUT2D eigenvalue weighted by Crippen LogP contribution is -2.46. The molecule has 0 fully saturated rings. The van der Waals surface area contributed by atoms with Crippen molar-refractivity contribution in [1.29, 1.82) is 0 Å². The number of nitrogens with one attached hydrogen (secondary N) is 3. The van der Waals surface area contributed by atoms with Crippen LogP contribution in [-0.4, -0.2) is 34.4 Å². The van der Waals surface area contributed by atoms with E-state index in [0.29, 0.717) is 10.7 Å². The summed E-state index contributed by atoms with van der Waals surface area (Å²) in [6.45, 7) is 3.50. The van der Waals surface area contributed by atoms with Gasteiger partial charge in [-0.25, -0.2) is 26.3 Å². The van der Waals surface area contributed by atoms with E-state index >= 15 is 0 Å². The minimum atomic E-state index is -4.40. The molecule has 0 heterocycles. The quantitative estimate of drug-likeness (QED) is 0.222. The molecule has 0 aliphatic heterocycles. The highest BCUT2D eigenvalue weighted by molar-refractivity contribution is 7.90. The number of hydrazone groups is 1. The van der Waals surface area contributed by atoms with Crippen LogP contribution in [0.5, 0.6) is 0 Å². The zero-order valence-corrected chi connectivity index (χ0v) is 21.4. The monoisotopic (exact) mass is 548 g/mol. The first-order valence-electron chi connectivity index (χ1n) is 10.2. The third kappa shape index (κ3) is 6.90. The van der Waals surface area contributed by atoms with E-state index in [0.717, 1.165) is 11.1 Å². The topological polar surface area (TPSA) is 151 Å². The van der Waals surface area contributed by atoms with E-state index in [1.165, 1.54) is 72.8 Å². The third-order valence-electron chi connectivity index (χ3n) is 4.69. The number of halogens is 1. The predicted octanol–water partition coefficient (Wildman–Crippen LogP) is 2.73. The Labute approximate surface area is 213 Å². The largest absolute Gasteiger partial charge is 0.291 e. The lowest BCUT2D eigenvalue weighted by Gasteiger charge is -2.11. The number of amides is 2. The summed E-state index contributed by atoms with van der Waals surface area (Å²) in [6.07, 6.45) is 0. The first-order chi connectivity index (χ1) is 16.9. The standard InChI is InChI=1S/C23H21ClN4O6S2/c1-15-3-11-19(12-4-15)35(31,32)27-22(29)21(26-25-18-9-7-17(24)8-10-18)23(30)28-36(33,34)20-13-5-16(2)6-14-20/h3-14,25H,1-2H3,(H,27,29)(H,28,30). The highest BCUT2D eigenvalue weighted by atomic mass is 35.5.